The van der Waals surface area contributed by atoms with Crippen molar-refractivity contribution < 1.29 is 14.6 Å². The molecule has 4 heteroatoms. The number of hydrogen-bond donors (Lipinski definition) is 1. The van der Waals surface area contributed by atoms with Gasteiger partial charge in [0, 0.05) is 5.02 Å². The third-order valence-corrected chi connectivity index (χ3v) is 2.95. The highest BCUT2D eigenvalue weighted by atomic mass is 35.5. The number of ether oxygens (including phenoxy) is 1. The van der Waals surface area contributed by atoms with Crippen LogP contribution in [0, 0.1) is 0 Å². The topological polar surface area (TPSA) is 46.5 Å². The summed E-state index contributed by atoms with van der Waals surface area (Å²) in [6.45, 7) is 0.946. The molecule has 1 heterocycles. The SMILES string of the molecule is O=C(O)CC1(c2ccc(Cl)cc2)COC1. The molecule has 3 nitrogen and oxygen atoms in total. The van der Waals surface area contributed by atoms with Crippen molar-refractivity contribution in [3.05, 3.63) is 34.9 Å². The number of benzene rings is 1. The van der Waals surface area contributed by atoms with Gasteiger partial charge >= 0.3 is 5.97 Å². The molecule has 1 saturated heterocycles. The second-order valence-corrected chi connectivity index (χ2v) is 4.29. The quantitative estimate of drug-likeness (QED) is 0.859. The molecule has 0 spiro atoms. The van der Waals surface area contributed by atoms with Gasteiger partial charge in [-0.2, -0.15) is 0 Å². The molecule has 0 aromatic heterocycles. The van der Waals surface area contributed by atoms with Crippen molar-refractivity contribution in [1.82, 2.24) is 0 Å². The smallest absolute Gasteiger partial charge is 0.304 e. The number of rotatable bonds is 3. The predicted molar refractivity (Wildman–Crippen MR) is 56.2 cm³/mol. The molecule has 0 atom stereocenters. The van der Waals surface area contributed by atoms with Gasteiger partial charge in [-0.3, -0.25) is 4.79 Å². The third kappa shape index (κ3) is 1.98. The molecule has 2 rings (SSSR count). The predicted octanol–water partition coefficient (Wildman–Crippen LogP) is 2.08. The van der Waals surface area contributed by atoms with Crippen molar-refractivity contribution in [1.29, 1.82) is 0 Å². The summed E-state index contributed by atoms with van der Waals surface area (Å²) in [5.74, 6) is -0.798. The molecule has 1 fully saturated rings. The second-order valence-electron chi connectivity index (χ2n) is 3.85. The Morgan fingerprint density at radius 1 is 1.40 bits per heavy atom. The molecular formula is C11H11ClO3. The number of carboxylic acid groups (broad SMARTS) is 1. The van der Waals surface area contributed by atoms with E-state index < -0.39 is 5.97 Å². The largest absolute Gasteiger partial charge is 0.481 e. The van der Waals surface area contributed by atoms with Crippen molar-refractivity contribution in [2.24, 2.45) is 0 Å². The Morgan fingerprint density at radius 3 is 2.40 bits per heavy atom. The number of carbonyl (C=O) groups is 1. The van der Waals surface area contributed by atoms with Gasteiger partial charge < -0.3 is 9.84 Å². The second kappa shape index (κ2) is 3.83. The molecule has 0 aliphatic carbocycles. The van der Waals surface area contributed by atoms with E-state index in [1.807, 2.05) is 12.1 Å². The van der Waals surface area contributed by atoms with Crippen LogP contribution < -0.4 is 0 Å². The molecule has 0 bridgehead atoms. The van der Waals surface area contributed by atoms with Gasteiger partial charge in [0.25, 0.3) is 0 Å². The fraction of sp³-hybridized carbons (Fsp3) is 0.364. The van der Waals surface area contributed by atoms with E-state index in [9.17, 15) is 4.79 Å². The van der Waals surface area contributed by atoms with Gasteiger partial charge in [-0.05, 0) is 17.7 Å². The molecular weight excluding hydrogens is 216 g/mol. The van der Waals surface area contributed by atoms with E-state index >= 15 is 0 Å². The molecule has 1 N–H and O–H groups in total. The summed E-state index contributed by atoms with van der Waals surface area (Å²) in [6.07, 6.45) is 0.106. The van der Waals surface area contributed by atoms with Gasteiger partial charge in [0.15, 0.2) is 0 Å². The first-order valence-electron chi connectivity index (χ1n) is 4.68. The third-order valence-electron chi connectivity index (χ3n) is 2.70. The summed E-state index contributed by atoms with van der Waals surface area (Å²) in [5, 5.41) is 9.51. The van der Waals surface area contributed by atoms with Crippen LogP contribution in [0.3, 0.4) is 0 Å². The van der Waals surface area contributed by atoms with E-state index in [1.165, 1.54) is 0 Å². The Labute approximate surface area is 92.6 Å². The van der Waals surface area contributed by atoms with E-state index in [4.69, 9.17) is 21.4 Å². The van der Waals surface area contributed by atoms with Crippen LogP contribution in [-0.4, -0.2) is 24.3 Å². The van der Waals surface area contributed by atoms with Gasteiger partial charge in [-0.25, -0.2) is 0 Å². The summed E-state index contributed by atoms with van der Waals surface area (Å²) in [7, 11) is 0. The average molecular weight is 227 g/mol. The summed E-state index contributed by atoms with van der Waals surface area (Å²) < 4.78 is 5.13. The first-order valence-corrected chi connectivity index (χ1v) is 5.06. The Hall–Kier alpha value is -1.06. The maximum atomic E-state index is 10.8. The lowest BCUT2D eigenvalue weighted by molar-refractivity contribution is -0.145. The van der Waals surface area contributed by atoms with Crippen LogP contribution >= 0.6 is 11.6 Å². The molecule has 0 amide bonds. The standard InChI is InChI=1S/C11H11ClO3/c12-9-3-1-8(2-4-9)11(5-10(13)14)6-15-7-11/h1-4H,5-7H2,(H,13,14). The maximum absolute atomic E-state index is 10.8. The van der Waals surface area contributed by atoms with Crippen LogP contribution in [0.4, 0.5) is 0 Å². The highest BCUT2D eigenvalue weighted by Gasteiger charge is 2.42. The number of carboxylic acids is 1. The molecule has 1 aromatic carbocycles. The Bertz CT molecular complexity index is 368. The first-order chi connectivity index (χ1) is 7.12. The zero-order valence-corrected chi connectivity index (χ0v) is 8.83. The summed E-state index contributed by atoms with van der Waals surface area (Å²) in [6, 6.07) is 7.29. The summed E-state index contributed by atoms with van der Waals surface area (Å²) >= 11 is 5.78. The fourth-order valence-electron chi connectivity index (χ4n) is 1.81. The molecule has 0 unspecified atom stereocenters. The van der Waals surface area contributed by atoms with Crippen LogP contribution in [0.2, 0.25) is 5.02 Å². The number of hydrogen-bond acceptors (Lipinski definition) is 2. The van der Waals surface area contributed by atoms with Gasteiger partial charge in [0.1, 0.15) is 0 Å². The van der Waals surface area contributed by atoms with Gasteiger partial charge in [0.2, 0.25) is 0 Å². The van der Waals surface area contributed by atoms with E-state index in [1.54, 1.807) is 12.1 Å². The van der Waals surface area contributed by atoms with Crippen molar-refractivity contribution >= 4 is 17.6 Å². The lowest BCUT2D eigenvalue weighted by atomic mass is 9.76. The highest BCUT2D eigenvalue weighted by Crippen LogP contribution is 2.36. The zero-order chi connectivity index (χ0) is 10.9. The highest BCUT2D eigenvalue weighted by molar-refractivity contribution is 6.30. The summed E-state index contributed by atoms with van der Waals surface area (Å²) in [5.41, 5.74) is 0.636. The minimum atomic E-state index is -0.798. The lowest BCUT2D eigenvalue weighted by Gasteiger charge is -2.40. The van der Waals surface area contributed by atoms with Crippen molar-refractivity contribution in [2.45, 2.75) is 11.8 Å². The van der Waals surface area contributed by atoms with Crippen molar-refractivity contribution in [3.63, 3.8) is 0 Å². The number of aliphatic carboxylic acids is 1. The van der Waals surface area contributed by atoms with Gasteiger partial charge in [-0.1, -0.05) is 23.7 Å². The van der Waals surface area contributed by atoms with Crippen LogP contribution in [0.5, 0.6) is 0 Å². The minimum Gasteiger partial charge on any atom is -0.481 e. The van der Waals surface area contributed by atoms with Gasteiger partial charge in [-0.15, -0.1) is 0 Å². The molecule has 1 aliphatic rings. The Kier molecular flexibility index (Phi) is 2.67. The average Bonchev–Trinajstić information content (AvgIpc) is 2.13. The van der Waals surface area contributed by atoms with Crippen LogP contribution in [0.1, 0.15) is 12.0 Å². The fourth-order valence-corrected chi connectivity index (χ4v) is 1.94. The monoisotopic (exact) mass is 226 g/mol. The maximum Gasteiger partial charge on any atom is 0.304 e. The Balaban J connectivity index is 2.26. The van der Waals surface area contributed by atoms with E-state index in [-0.39, 0.29) is 11.8 Å². The van der Waals surface area contributed by atoms with Crippen LogP contribution in [-0.2, 0) is 14.9 Å². The van der Waals surface area contributed by atoms with Crippen LogP contribution in [0.15, 0.2) is 24.3 Å². The summed E-state index contributed by atoms with van der Waals surface area (Å²) in [4.78, 5) is 10.8. The van der Waals surface area contributed by atoms with Crippen molar-refractivity contribution in [3.8, 4) is 0 Å². The first kappa shape index (κ1) is 10.5. The van der Waals surface area contributed by atoms with E-state index in [0.717, 1.165) is 5.56 Å². The normalized spacial score (nSPS) is 18.2. The molecule has 15 heavy (non-hydrogen) atoms. The van der Waals surface area contributed by atoms with E-state index in [2.05, 4.69) is 0 Å². The zero-order valence-electron chi connectivity index (χ0n) is 8.07. The van der Waals surface area contributed by atoms with E-state index in [0.29, 0.717) is 18.2 Å². The van der Waals surface area contributed by atoms with Gasteiger partial charge in [0.05, 0.1) is 25.0 Å². The number of halogens is 1. The lowest BCUT2D eigenvalue weighted by Crippen LogP contribution is -2.48. The molecule has 80 valence electrons. The molecule has 0 radical (unpaired) electrons. The Morgan fingerprint density at radius 2 is 2.00 bits per heavy atom. The van der Waals surface area contributed by atoms with Crippen LogP contribution in [0.25, 0.3) is 0 Å². The molecule has 0 saturated carbocycles. The molecule has 1 aromatic rings. The van der Waals surface area contributed by atoms with Crippen molar-refractivity contribution in [2.75, 3.05) is 13.2 Å². The molecule has 1 aliphatic heterocycles. The minimum absolute atomic E-state index is 0.106.